The number of anilines is 1. The van der Waals surface area contributed by atoms with Gasteiger partial charge in [0, 0.05) is 22.8 Å². The van der Waals surface area contributed by atoms with Gasteiger partial charge in [-0.05, 0) is 6.07 Å². The molecule has 12 nitrogen and oxygen atoms in total. The molecule has 1 fully saturated rings. The maximum atomic E-state index is 13.0. The van der Waals surface area contributed by atoms with Gasteiger partial charge in [0.25, 0.3) is 17.5 Å². The molecule has 186 valence electrons. The molecule has 5 heterocycles. The van der Waals surface area contributed by atoms with E-state index in [2.05, 4.69) is 15.5 Å². The number of nitrogens with two attached hydrogens (primary N) is 1. The lowest BCUT2D eigenvalue weighted by molar-refractivity contribution is -0.662. The smallest absolute Gasteiger partial charge is 0.352 e. The van der Waals surface area contributed by atoms with Gasteiger partial charge in [0.15, 0.2) is 10.8 Å². The van der Waals surface area contributed by atoms with Crippen molar-refractivity contribution >= 4 is 69.0 Å². The summed E-state index contributed by atoms with van der Waals surface area (Å²) in [6.07, 6.45) is 5.38. The largest absolute Gasteiger partial charge is 0.477 e. The summed E-state index contributed by atoms with van der Waals surface area (Å²) in [6, 6.07) is 2.65. The number of rotatable bonds is 7. The first-order valence-corrected chi connectivity index (χ1v) is 12.8. The first kappa shape index (κ1) is 24.1. The van der Waals surface area contributed by atoms with E-state index >= 15 is 0 Å². The van der Waals surface area contributed by atoms with Gasteiger partial charge in [0.05, 0.1) is 5.02 Å². The Hall–Kier alpha value is -3.62. The van der Waals surface area contributed by atoms with Crippen molar-refractivity contribution in [2.45, 2.75) is 18.0 Å². The number of nitrogens with one attached hydrogen (secondary N) is 1. The Bertz CT molecular complexity index is 1470. The van der Waals surface area contributed by atoms with Crippen LogP contribution in [0.5, 0.6) is 0 Å². The molecule has 1 saturated heterocycles. The van der Waals surface area contributed by atoms with E-state index in [9.17, 15) is 19.5 Å². The van der Waals surface area contributed by atoms with Crippen LogP contribution in [0.4, 0.5) is 5.13 Å². The third kappa shape index (κ3) is 4.16. The Morgan fingerprint density at radius 3 is 2.94 bits per heavy atom. The van der Waals surface area contributed by atoms with Gasteiger partial charge in [-0.2, -0.15) is 0 Å². The summed E-state index contributed by atoms with van der Waals surface area (Å²) in [5, 5.41) is 18.1. The summed E-state index contributed by atoms with van der Waals surface area (Å²) in [5.74, 6) is -2.05. The molecule has 0 unspecified atom stereocenters. The number of hydrogen-bond acceptors (Lipinski definition) is 9. The molecule has 0 bridgehead atoms. The number of aromatic nitrogens is 3. The number of hydrogen-bond donors (Lipinski definition) is 3. The van der Waals surface area contributed by atoms with Crippen molar-refractivity contribution in [3.63, 3.8) is 0 Å². The van der Waals surface area contributed by atoms with Gasteiger partial charge in [-0.15, -0.1) is 23.1 Å². The van der Waals surface area contributed by atoms with Gasteiger partial charge >= 0.3 is 5.97 Å². The fourth-order valence-electron chi connectivity index (χ4n) is 4.12. The van der Waals surface area contributed by atoms with Crippen LogP contribution in [0.25, 0.3) is 5.65 Å². The van der Waals surface area contributed by atoms with Crippen molar-refractivity contribution in [1.82, 2.24) is 19.6 Å². The van der Waals surface area contributed by atoms with Crippen molar-refractivity contribution in [2.24, 2.45) is 5.16 Å². The van der Waals surface area contributed by atoms with Crippen LogP contribution < -0.4 is 15.6 Å². The number of nitrogens with zero attached hydrogens (tertiary/aromatic N) is 5. The van der Waals surface area contributed by atoms with E-state index < -0.39 is 29.2 Å². The number of β-lactam (4-membered cyclic amide) rings is 1. The molecule has 0 saturated carbocycles. The summed E-state index contributed by atoms with van der Waals surface area (Å²) in [4.78, 5) is 48.1. The van der Waals surface area contributed by atoms with Crippen molar-refractivity contribution < 1.29 is 28.9 Å². The highest BCUT2D eigenvalue weighted by Gasteiger charge is 2.54. The number of carbonyl (C=O) groups excluding carboxylic acids is 2. The summed E-state index contributed by atoms with van der Waals surface area (Å²) in [7, 11) is 1.28. The Balaban J connectivity index is 1.37. The third-order valence-corrected chi connectivity index (χ3v) is 7.92. The zero-order valence-corrected chi connectivity index (χ0v) is 21.0. The van der Waals surface area contributed by atoms with Crippen LogP contribution in [0.15, 0.2) is 52.5 Å². The molecule has 36 heavy (non-hydrogen) atoms. The van der Waals surface area contributed by atoms with E-state index in [4.69, 9.17) is 22.2 Å². The predicted molar refractivity (Wildman–Crippen MR) is 132 cm³/mol. The number of oxime groups is 1. The van der Waals surface area contributed by atoms with E-state index in [1.807, 2.05) is 27.4 Å². The van der Waals surface area contributed by atoms with Crippen LogP contribution in [0.2, 0.25) is 5.02 Å². The van der Waals surface area contributed by atoms with Crippen LogP contribution in [-0.2, 0) is 25.8 Å². The van der Waals surface area contributed by atoms with Gasteiger partial charge in [-0.1, -0.05) is 16.8 Å². The van der Waals surface area contributed by atoms with Crippen LogP contribution in [0, 0.1) is 0 Å². The molecule has 0 spiro atoms. The molecular weight excluding hydrogens is 530 g/mol. The molecule has 0 aromatic carbocycles. The Morgan fingerprint density at radius 1 is 1.44 bits per heavy atom. The predicted octanol–water partition coefficient (Wildman–Crippen LogP) is 0.708. The second-order valence-corrected chi connectivity index (χ2v) is 10.3. The zero-order chi connectivity index (χ0) is 25.6. The zero-order valence-electron chi connectivity index (χ0n) is 18.6. The molecule has 2 aliphatic heterocycles. The lowest BCUT2D eigenvalue weighted by Crippen LogP contribution is -2.71. The Labute approximate surface area is 217 Å². The highest BCUT2D eigenvalue weighted by Crippen LogP contribution is 2.40. The number of carbonyl (C=O) groups is 3. The number of fused-ring (bicyclic) bond motifs is 2. The molecular formula is C21H19ClN7O5S2+. The van der Waals surface area contributed by atoms with Crippen LogP contribution in [0.1, 0.15) is 5.69 Å². The lowest BCUT2D eigenvalue weighted by atomic mass is 10.0. The van der Waals surface area contributed by atoms with Crippen LogP contribution >= 0.6 is 34.7 Å². The number of imidazole rings is 1. The molecule has 3 aromatic rings. The van der Waals surface area contributed by atoms with Crippen molar-refractivity contribution in [3.8, 4) is 0 Å². The van der Waals surface area contributed by atoms with E-state index in [1.165, 1.54) is 23.8 Å². The molecule has 0 radical (unpaired) electrons. The molecule has 2 atom stereocenters. The molecule has 3 aromatic heterocycles. The number of thiazole rings is 1. The van der Waals surface area contributed by atoms with Gasteiger partial charge in [0.1, 0.15) is 55.1 Å². The monoisotopic (exact) mass is 548 g/mol. The number of aliphatic carboxylic acids is 1. The van der Waals surface area contributed by atoms with Crippen molar-refractivity contribution in [3.05, 3.63) is 58.1 Å². The molecule has 15 heteroatoms. The lowest BCUT2D eigenvalue weighted by Gasteiger charge is -2.49. The minimum atomic E-state index is -1.21. The normalized spacial score (nSPS) is 19.8. The van der Waals surface area contributed by atoms with E-state index in [0.29, 0.717) is 16.3 Å². The average Bonchev–Trinajstić information content (AvgIpc) is 3.45. The third-order valence-electron chi connectivity index (χ3n) is 5.68. The minimum Gasteiger partial charge on any atom is -0.477 e. The minimum absolute atomic E-state index is 0.0758. The maximum Gasteiger partial charge on any atom is 0.352 e. The maximum absolute atomic E-state index is 13.0. The van der Waals surface area contributed by atoms with Gasteiger partial charge < -0.3 is 21.0 Å². The fourth-order valence-corrected chi connectivity index (χ4v) is 6.17. The number of halogens is 1. The summed E-state index contributed by atoms with van der Waals surface area (Å²) >= 11 is 8.55. The fraction of sp³-hybridized carbons (Fsp3) is 0.238. The van der Waals surface area contributed by atoms with Crippen molar-refractivity contribution in [1.29, 1.82) is 0 Å². The number of carboxylic acid groups (broad SMARTS) is 1. The second-order valence-electron chi connectivity index (χ2n) is 7.85. The van der Waals surface area contributed by atoms with Gasteiger partial charge in [0.2, 0.25) is 0 Å². The Kier molecular flexibility index (Phi) is 6.32. The molecule has 5 rings (SSSR count). The number of carboxylic acids is 1. The van der Waals surface area contributed by atoms with Gasteiger partial charge in [-0.25, -0.2) is 18.7 Å². The number of thioether (sulfide) groups is 1. The summed E-state index contributed by atoms with van der Waals surface area (Å²) in [5.41, 5.74) is 7.04. The second kappa shape index (κ2) is 9.44. The van der Waals surface area contributed by atoms with Crippen molar-refractivity contribution in [2.75, 3.05) is 18.6 Å². The summed E-state index contributed by atoms with van der Waals surface area (Å²) < 4.78 is 3.71. The topological polar surface area (TPSA) is 156 Å². The van der Waals surface area contributed by atoms with Gasteiger partial charge in [-0.3, -0.25) is 14.5 Å². The first-order chi connectivity index (χ1) is 17.3. The molecule has 2 aliphatic rings. The molecule has 4 N–H and O–H groups in total. The number of amides is 2. The highest BCUT2D eigenvalue weighted by atomic mass is 35.5. The standard InChI is InChI=1S/C21H18ClN7O5S2/c1-34-26-14(12-9-36-21(23)24-12)17(30)25-15-18(31)29-16(20(32)33)10(8-35-19(15)29)6-27-4-5-28-7-11(22)2-3-13(27)28/h2-5,7,9,15,19H,6,8H2,1H3,(H3-,23,24,25,30,32,33)/p+1/b26-14-/t15-,19+/m1/s1. The molecule has 0 aliphatic carbocycles. The SMILES string of the molecule is CO/N=C(\C(=O)N[C@@H]1C(=O)N2C(C(=O)O)=C(C[n+]3ccn4cc(Cl)ccc43)CS[C@@H]12)c1csc(N)n1. The van der Waals surface area contributed by atoms with Crippen LogP contribution in [0.3, 0.4) is 0 Å². The quantitative estimate of drug-likeness (QED) is 0.169. The number of pyridine rings is 1. The Morgan fingerprint density at radius 2 is 2.25 bits per heavy atom. The van der Waals surface area contributed by atoms with E-state index in [-0.39, 0.29) is 28.8 Å². The summed E-state index contributed by atoms with van der Waals surface area (Å²) in [6.45, 7) is 0.274. The highest BCUT2D eigenvalue weighted by molar-refractivity contribution is 8.00. The first-order valence-electron chi connectivity index (χ1n) is 10.5. The number of nitrogen functional groups attached to an aromatic ring is 1. The molecule has 2 amide bonds. The average molecular weight is 549 g/mol. The van der Waals surface area contributed by atoms with Crippen LogP contribution in [-0.4, -0.2) is 67.2 Å². The van der Waals surface area contributed by atoms with E-state index in [0.717, 1.165) is 17.0 Å². The van der Waals surface area contributed by atoms with E-state index in [1.54, 1.807) is 17.6 Å².